The fourth-order valence-corrected chi connectivity index (χ4v) is 3.58. The van der Waals surface area contributed by atoms with Crippen molar-refractivity contribution < 1.29 is 18.3 Å². The fourth-order valence-electron chi connectivity index (χ4n) is 2.71. The number of para-hydroxylation sites is 1. The number of carbonyl (C=O) groups excluding carboxylic acids is 1. The quantitative estimate of drug-likeness (QED) is 0.369. The van der Waals surface area contributed by atoms with Crippen LogP contribution in [-0.2, 0) is 12.5 Å². The van der Waals surface area contributed by atoms with Crippen LogP contribution in [0.15, 0.2) is 73.8 Å². The number of nitrogens with zero attached hydrogens (tertiary/aromatic N) is 2. The summed E-state index contributed by atoms with van der Waals surface area (Å²) in [6.45, 7) is 7.58. The molecule has 0 aliphatic heterocycles. The lowest BCUT2D eigenvalue weighted by Gasteiger charge is -2.12. The van der Waals surface area contributed by atoms with Gasteiger partial charge in [0.15, 0.2) is 0 Å². The number of aromatic nitrogens is 2. The summed E-state index contributed by atoms with van der Waals surface area (Å²) in [5.74, 6) is -2.75. The normalized spacial score (nSPS) is 11.1. The van der Waals surface area contributed by atoms with Crippen molar-refractivity contribution in [3.63, 3.8) is 0 Å². The Kier molecular flexibility index (Phi) is 6.79. The van der Waals surface area contributed by atoms with Gasteiger partial charge in [-0.2, -0.15) is 13.9 Å². The minimum Gasteiger partial charge on any atom is -0.492 e. The minimum atomic E-state index is -3.22. The number of ether oxygens (including phenoxy) is 1. The number of rotatable bonds is 10. The van der Waals surface area contributed by atoms with Crippen molar-refractivity contribution in [1.29, 1.82) is 0 Å². The van der Waals surface area contributed by atoms with Crippen LogP contribution in [-0.4, -0.2) is 28.8 Å². The molecule has 156 valence electrons. The zero-order chi connectivity index (χ0) is 21.6. The third kappa shape index (κ3) is 5.01. The number of hydrogen-bond donors (Lipinski definition) is 1. The van der Waals surface area contributed by atoms with E-state index in [4.69, 9.17) is 4.74 Å². The van der Waals surface area contributed by atoms with Gasteiger partial charge in [0.1, 0.15) is 23.7 Å². The standard InChI is InChI=1S/C22H21F2N3O2S/c1-3-13-27-20(22(23,24)4-2)15-17(26-27)18-10-11-19(30-18)21(28)25-12-14-29-16-8-6-5-7-9-16/h3-11,15H,1-2,12-14H2,(H,25,28). The Morgan fingerprint density at radius 2 is 2.00 bits per heavy atom. The largest absolute Gasteiger partial charge is 0.492 e. The van der Waals surface area contributed by atoms with Crippen LogP contribution in [0.4, 0.5) is 8.78 Å². The van der Waals surface area contributed by atoms with Crippen molar-refractivity contribution in [3.8, 4) is 16.3 Å². The van der Waals surface area contributed by atoms with Gasteiger partial charge in [0.2, 0.25) is 0 Å². The third-order valence-corrected chi connectivity index (χ3v) is 5.27. The predicted octanol–water partition coefficient (Wildman–Crippen LogP) is 4.88. The topological polar surface area (TPSA) is 56.2 Å². The molecule has 0 bridgehead atoms. The Balaban J connectivity index is 1.65. The lowest BCUT2D eigenvalue weighted by molar-refractivity contribution is 0.0427. The summed E-state index contributed by atoms with van der Waals surface area (Å²) in [5.41, 5.74) is 0.0923. The molecular weight excluding hydrogens is 408 g/mol. The SMILES string of the molecule is C=CCn1nc(-c2ccc(C(=O)NCCOc3ccccc3)s2)cc1C(F)(F)C=C. The summed E-state index contributed by atoms with van der Waals surface area (Å²) in [4.78, 5) is 13.4. The van der Waals surface area contributed by atoms with Crippen LogP contribution < -0.4 is 10.1 Å². The Bertz CT molecular complexity index is 1030. The number of thiophene rings is 1. The highest BCUT2D eigenvalue weighted by Gasteiger charge is 2.32. The van der Waals surface area contributed by atoms with Crippen LogP contribution in [0.2, 0.25) is 0 Å². The number of allylic oxidation sites excluding steroid dienone is 2. The van der Waals surface area contributed by atoms with Crippen molar-refractivity contribution in [2.75, 3.05) is 13.2 Å². The molecule has 2 aromatic heterocycles. The molecule has 0 saturated carbocycles. The van der Waals surface area contributed by atoms with Gasteiger partial charge in [-0.15, -0.1) is 17.9 Å². The van der Waals surface area contributed by atoms with E-state index in [-0.39, 0.29) is 18.1 Å². The molecule has 0 radical (unpaired) electrons. The summed E-state index contributed by atoms with van der Waals surface area (Å²) in [6.07, 6.45) is 2.07. The molecule has 0 spiro atoms. The van der Waals surface area contributed by atoms with Crippen molar-refractivity contribution in [2.24, 2.45) is 0 Å². The summed E-state index contributed by atoms with van der Waals surface area (Å²) >= 11 is 1.18. The number of amides is 1. The van der Waals surface area contributed by atoms with E-state index < -0.39 is 5.92 Å². The highest BCUT2D eigenvalue weighted by Crippen LogP contribution is 2.34. The highest BCUT2D eigenvalue weighted by molar-refractivity contribution is 7.17. The molecule has 30 heavy (non-hydrogen) atoms. The van der Waals surface area contributed by atoms with Crippen LogP contribution in [0.3, 0.4) is 0 Å². The van der Waals surface area contributed by atoms with Crippen LogP contribution in [0.5, 0.6) is 5.75 Å². The summed E-state index contributed by atoms with van der Waals surface area (Å²) in [7, 11) is 0. The fraction of sp³-hybridized carbons (Fsp3) is 0.182. The van der Waals surface area contributed by atoms with Crippen molar-refractivity contribution in [2.45, 2.75) is 12.5 Å². The van der Waals surface area contributed by atoms with E-state index in [9.17, 15) is 13.6 Å². The first-order valence-corrected chi connectivity index (χ1v) is 10.0. The molecule has 0 fully saturated rings. The second-order valence-electron chi connectivity index (χ2n) is 6.29. The molecule has 0 saturated heterocycles. The maximum atomic E-state index is 14.1. The molecule has 0 atom stereocenters. The minimum absolute atomic E-state index is 0.138. The van der Waals surface area contributed by atoms with Crippen LogP contribution in [0.1, 0.15) is 15.4 Å². The van der Waals surface area contributed by atoms with Gasteiger partial charge in [0.05, 0.1) is 22.8 Å². The lowest BCUT2D eigenvalue weighted by atomic mass is 10.2. The number of carbonyl (C=O) groups is 1. The van der Waals surface area contributed by atoms with Gasteiger partial charge in [-0.1, -0.05) is 30.9 Å². The molecule has 3 rings (SSSR count). The van der Waals surface area contributed by atoms with E-state index in [1.165, 1.54) is 28.2 Å². The molecule has 1 amide bonds. The first kappa shape index (κ1) is 21.4. The molecule has 2 heterocycles. The average Bonchev–Trinajstić information content (AvgIpc) is 3.40. The van der Waals surface area contributed by atoms with Crippen molar-refractivity contribution >= 4 is 17.2 Å². The molecule has 0 unspecified atom stereocenters. The molecule has 1 aromatic carbocycles. The predicted molar refractivity (Wildman–Crippen MR) is 114 cm³/mol. The maximum absolute atomic E-state index is 14.1. The Labute approximate surface area is 177 Å². The number of benzene rings is 1. The smallest absolute Gasteiger partial charge is 0.307 e. The zero-order valence-corrected chi connectivity index (χ0v) is 17.0. The van der Waals surface area contributed by atoms with Gasteiger partial charge in [0.25, 0.3) is 5.91 Å². The second kappa shape index (κ2) is 9.49. The van der Waals surface area contributed by atoms with Gasteiger partial charge in [-0.3, -0.25) is 9.48 Å². The van der Waals surface area contributed by atoms with Gasteiger partial charge in [0, 0.05) is 0 Å². The Morgan fingerprint density at radius 1 is 1.23 bits per heavy atom. The van der Waals surface area contributed by atoms with Crippen LogP contribution in [0, 0.1) is 0 Å². The maximum Gasteiger partial charge on any atom is 0.307 e. The lowest BCUT2D eigenvalue weighted by Crippen LogP contribution is -2.27. The summed E-state index contributed by atoms with van der Waals surface area (Å²) < 4.78 is 35.0. The van der Waals surface area contributed by atoms with E-state index in [2.05, 4.69) is 23.6 Å². The average molecular weight is 429 g/mol. The number of alkyl halides is 2. The van der Waals surface area contributed by atoms with Gasteiger partial charge in [-0.05, 0) is 36.4 Å². The van der Waals surface area contributed by atoms with Gasteiger partial charge in [-0.25, -0.2) is 0 Å². The molecule has 0 aliphatic rings. The third-order valence-electron chi connectivity index (χ3n) is 4.16. The van der Waals surface area contributed by atoms with Crippen LogP contribution >= 0.6 is 11.3 Å². The number of halogens is 2. The van der Waals surface area contributed by atoms with Gasteiger partial charge >= 0.3 is 5.92 Å². The van der Waals surface area contributed by atoms with E-state index in [1.807, 2.05) is 30.3 Å². The molecular formula is C22H21F2N3O2S. The second-order valence-corrected chi connectivity index (χ2v) is 7.38. The molecule has 0 aliphatic carbocycles. The molecule has 5 nitrogen and oxygen atoms in total. The van der Waals surface area contributed by atoms with Crippen molar-refractivity contribution in [3.05, 3.63) is 84.4 Å². The van der Waals surface area contributed by atoms with E-state index in [0.29, 0.717) is 34.7 Å². The van der Waals surface area contributed by atoms with Crippen molar-refractivity contribution in [1.82, 2.24) is 15.1 Å². The molecule has 3 aromatic rings. The summed E-state index contributed by atoms with van der Waals surface area (Å²) in [6, 6.07) is 14.0. The van der Waals surface area contributed by atoms with Crippen LogP contribution in [0.25, 0.3) is 10.6 Å². The highest BCUT2D eigenvalue weighted by atomic mass is 32.1. The zero-order valence-electron chi connectivity index (χ0n) is 16.2. The molecule has 1 N–H and O–H groups in total. The van der Waals surface area contributed by atoms with E-state index >= 15 is 0 Å². The monoisotopic (exact) mass is 429 g/mol. The Hall–Kier alpha value is -3.26. The number of nitrogens with one attached hydrogen (secondary N) is 1. The van der Waals surface area contributed by atoms with E-state index in [0.717, 1.165) is 5.75 Å². The Morgan fingerprint density at radius 3 is 2.70 bits per heavy atom. The van der Waals surface area contributed by atoms with Gasteiger partial charge < -0.3 is 10.1 Å². The number of hydrogen-bond acceptors (Lipinski definition) is 4. The molecule has 8 heteroatoms. The summed E-state index contributed by atoms with van der Waals surface area (Å²) in [5, 5.41) is 7.02. The van der Waals surface area contributed by atoms with E-state index in [1.54, 1.807) is 12.1 Å². The first-order chi connectivity index (χ1) is 14.4. The first-order valence-electron chi connectivity index (χ1n) is 9.21.